The third-order valence-electron chi connectivity index (χ3n) is 3.59. The minimum atomic E-state index is -4.92. The lowest BCUT2D eigenvalue weighted by molar-refractivity contribution is -0.841. The Labute approximate surface area is 129 Å². The second kappa shape index (κ2) is 10.9. The van der Waals surface area contributed by atoms with Gasteiger partial charge in [-0.15, -0.1) is 0 Å². The quantitative estimate of drug-likeness (QED) is 0.263. The van der Waals surface area contributed by atoms with E-state index in [9.17, 15) is 0 Å². The molecular formula is C13H31N3O4S. The summed E-state index contributed by atoms with van der Waals surface area (Å²) in [5.41, 5.74) is 0. The van der Waals surface area contributed by atoms with Gasteiger partial charge in [-0.3, -0.25) is 9.04 Å². The standard InChI is InChI=1S/C13H30N3.H2O4S/c1-7-14-13(15(8-2)9-3)16(10-4,11-5)12-6;1-5(2,3)4/h7-12H2,1-6H3;(H2,1,2,3,4)/q+1;/p-1. The summed E-state index contributed by atoms with van der Waals surface area (Å²) in [5.74, 6) is 1.28. The first-order chi connectivity index (χ1) is 9.65. The Hall–Kier alpha value is -0.700. The predicted molar refractivity (Wildman–Crippen MR) is 85.1 cm³/mol. The van der Waals surface area contributed by atoms with E-state index >= 15 is 0 Å². The van der Waals surface area contributed by atoms with Gasteiger partial charge in [0.25, 0.3) is 5.96 Å². The molecule has 0 spiro atoms. The molecule has 0 bridgehead atoms. The summed E-state index contributed by atoms with van der Waals surface area (Å²) in [6.45, 7) is 19.7. The number of rotatable bonds is 6. The normalized spacial score (nSPS) is 12.7. The zero-order valence-electron chi connectivity index (χ0n) is 14.2. The molecular weight excluding hydrogens is 294 g/mol. The Bertz CT molecular complexity index is 372. The van der Waals surface area contributed by atoms with Crippen molar-refractivity contribution in [2.45, 2.75) is 41.5 Å². The van der Waals surface area contributed by atoms with E-state index < -0.39 is 10.4 Å². The minimum absolute atomic E-state index is 0.881. The zero-order valence-corrected chi connectivity index (χ0v) is 15.0. The monoisotopic (exact) mass is 325 g/mol. The molecule has 0 heterocycles. The lowest BCUT2D eigenvalue weighted by atomic mass is 10.3. The molecule has 7 nitrogen and oxygen atoms in total. The Balaban J connectivity index is 0. The third-order valence-corrected chi connectivity index (χ3v) is 3.59. The van der Waals surface area contributed by atoms with E-state index in [1.807, 2.05) is 0 Å². The highest BCUT2D eigenvalue weighted by Crippen LogP contribution is 2.12. The second-order valence-corrected chi connectivity index (χ2v) is 5.32. The van der Waals surface area contributed by atoms with E-state index in [1.54, 1.807) is 0 Å². The first-order valence-corrected chi connectivity index (χ1v) is 8.86. The Kier molecular flexibility index (Phi) is 11.8. The zero-order chi connectivity index (χ0) is 17.1. The van der Waals surface area contributed by atoms with E-state index in [4.69, 9.17) is 22.5 Å². The Morgan fingerprint density at radius 2 is 1.38 bits per heavy atom. The van der Waals surface area contributed by atoms with Crippen molar-refractivity contribution in [3.05, 3.63) is 0 Å². The topological polar surface area (TPSA) is 93.0 Å². The molecule has 0 unspecified atom stereocenters. The van der Waals surface area contributed by atoms with Gasteiger partial charge in [-0.05, 0) is 41.5 Å². The van der Waals surface area contributed by atoms with Crippen LogP contribution in [-0.4, -0.2) is 72.1 Å². The molecule has 21 heavy (non-hydrogen) atoms. The second-order valence-electron chi connectivity index (χ2n) is 4.47. The lowest BCUT2D eigenvalue weighted by Gasteiger charge is -2.39. The van der Waals surface area contributed by atoms with Gasteiger partial charge in [0.05, 0.1) is 19.6 Å². The first-order valence-electron chi connectivity index (χ1n) is 7.49. The first kappa shape index (κ1) is 22.6. The molecule has 0 aromatic rings. The van der Waals surface area contributed by atoms with Gasteiger partial charge in [0.15, 0.2) is 0 Å². The molecule has 8 heteroatoms. The summed E-state index contributed by atoms with van der Waals surface area (Å²) in [6.07, 6.45) is 0. The number of hydrogen-bond acceptors (Lipinski definition) is 4. The van der Waals surface area contributed by atoms with Crippen molar-refractivity contribution in [3.8, 4) is 0 Å². The van der Waals surface area contributed by atoms with E-state index in [-0.39, 0.29) is 0 Å². The average molecular weight is 325 g/mol. The summed E-state index contributed by atoms with van der Waals surface area (Å²) < 4.78 is 33.8. The largest absolute Gasteiger partial charge is 0.726 e. The average Bonchev–Trinajstić information content (AvgIpc) is 2.41. The van der Waals surface area contributed by atoms with Crippen LogP contribution < -0.4 is 0 Å². The molecule has 0 aliphatic heterocycles. The van der Waals surface area contributed by atoms with Crippen LogP contribution in [-0.2, 0) is 10.4 Å². The highest BCUT2D eigenvalue weighted by molar-refractivity contribution is 7.79. The van der Waals surface area contributed by atoms with Gasteiger partial charge < -0.3 is 9.45 Å². The summed E-state index contributed by atoms with van der Waals surface area (Å²) >= 11 is 0. The van der Waals surface area contributed by atoms with Crippen molar-refractivity contribution in [2.24, 2.45) is 4.99 Å². The fraction of sp³-hybridized carbons (Fsp3) is 0.923. The Morgan fingerprint density at radius 1 is 1.05 bits per heavy atom. The maximum atomic E-state index is 8.63. The Morgan fingerprint density at radius 3 is 1.57 bits per heavy atom. The molecule has 0 amide bonds. The lowest BCUT2D eigenvalue weighted by Crippen LogP contribution is -2.59. The number of nitrogens with zero attached hydrogens (tertiary/aromatic N) is 3. The van der Waals surface area contributed by atoms with Gasteiger partial charge in [-0.25, -0.2) is 13.4 Å². The van der Waals surface area contributed by atoms with E-state index in [1.165, 1.54) is 5.96 Å². The molecule has 0 aliphatic carbocycles. The van der Waals surface area contributed by atoms with Gasteiger partial charge in [0.1, 0.15) is 0 Å². The molecule has 1 N–H and O–H groups in total. The molecule has 0 rings (SSSR count). The molecule has 0 saturated carbocycles. The number of hydrogen-bond donors (Lipinski definition) is 1. The summed E-state index contributed by atoms with van der Waals surface area (Å²) in [5, 5.41) is 0. The maximum absolute atomic E-state index is 8.63. The van der Waals surface area contributed by atoms with Crippen LogP contribution in [0.25, 0.3) is 0 Å². The highest BCUT2D eigenvalue weighted by atomic mass is 32.3. The van der Waals surface area contributed by atoms with Crippen LogP contribution in [0.1, 0.15) is 41.5 Å². The maximum Gasteiger partial charge on any atom is 0.300 e. The minimum Gasteiger partial charge on any atom is -0.726 e. The van der Waals surface area contributed by atoms with Crippen molar-refractivity contribution in [1.29, 1.82) is 0 Å². The van der Waals surface area contributed by atoms with Crippen molar-refractivity contribution >= 4 is 16.4 Å². The van der Waals surface area contributed by atoms with Crippen LogP contribution in [0.4, 0.5) is 0 Å². The van der Waals surface area contributed by atoms with Gasteiger partial charge in [0, 0.05) is 19.6 Å². The predicted octanol–water partition coefficient (Wildman–Crippen LogP) is 1.59. The van der Waals surface area contributed by atoms with Crippen molar-refractivity contribution < 1.29 is 22.0 Å². The third kappa shape index (κ3) is 9.02. The fourth-order valence-electron chi connectivity index (χ4n) is 2.29. The van der Waals surface area contributed by atoms with Gasteiger partial charge >= 0.3 is 0 Å². The van der Waals surface area contributed by atoms with Crippen molar-refractivity contribution in [2.75, 3.05) is 39.3 Å². The number of aliphatic imine (C=N–C) groups is 1. The molecule has 128 valence electrons. The van der Waals surface area contributed by atoms with Crippen LogP contribution in [0.3, 0.4) is 0 Å². The van der Waals surface area contributed by atoms with E-state index in [2.05, 4.69) is 46.4 Å². The van der Waals surface area contributed by atoms with E-state index in [0.717, 1.165) is 43.8 Å². The summed E-state index contributed by atoms with van der Waals surface area (Å²) in [4.78, 5) is 7.17. The SMILES string of the molecule is CCN=C(N(CC)CC)[N+](CC)(CC)CC.O=S(=O)([O-])O. The van der Waals surface area contributed by atoms with Crippen LogP contribution in [0.15, 0.2) is 4.99 Å². The summed E-state index contributed by atoms with van der Waals surface area (Å²) in [6, 6.07) is 0. The smallest absolute Gasteiger partial charge is 0.300 e. The molecule has 0 radical (unpaired) electrons. The van der Waals surface area contributed by atoms with Gasteiger partial charge in [0.2, 0.25) is 10.4 Å². The molecule has 0 atom stereocenters. The molecule has 0 saturated heterocycles. The van der Waals surface area contributed by atoms with Gasteiger partial charge in [-0.2, -0.15) is 0 Å². The number of quaternary nitrogens is 1. The van der Waals surface area contributed by atoms with Crippen LogP contribution in [0.5, 0.6) is 0 Å². The molecule has 0 aliphatic rings. The molecule has 0 aromatic carbocycles. The van der Waals surface area contributed by atoms with E-state index in [0.29, 0.717) is 0 Å². The van der Waals surface area contributed by atoms with Gasteiger partial charge in [-0.1, -0.05) is 0 Å². The molecule has 0 fully saturated rings. The van der Waals surface area contributed by atoms with Crippen LogP contribution >= 0.6 is 0 Å². The van der Waals surface area contributed by atoms with Crippen LogP contribution in [0.2, 0.25) is 0 Å². The highest BCUT2D eigenvalue weighted by Gasteiger charge is 2.32. The van der Waals surface area contributed by atoms with Crippen molar-refractivity contribution in [1.82, 2.24) is 4.90 Å². The molecule has 0 aromatic heterocycles. The summed E-state index contributed by atoms with van der Waals surface area (Å²) in [7, 11) is -4.92. The van der Waals surface area contributed by atoms with Crippen molar-refractivity contribution in [3.63, 3.8) is 0 Å². The number of guanidine groups is 1. The van der Waals surface area contributed by atoms with Crippen LogP contribution in [0, 0.1) is 0 Å². The fourth-order valence-corrected chi connectivity index (χ4v) is 2.29.